The number of benzene rings is 3. The zero-order valence-electron chi connectivity index (χ0n) is 15.6. The van der Waals surface area contributed by atoms with Gasteiger partial charge in [-0.25, -0.2) is 0 Å². The molecule has 0 bridgehead atoms. The predicted octanol–water partition coefficient (Wildman–Crippen LogP) is 5.39. The van der Waals surface area contributed by atoms with Gasteiger partial charge in [-0.05, 0) is 47.2 Å². The molecular weight excluding hydrogens is 370 g/mol. The summed E-state index contributed by atoms with van der Waals surface area (Å²) in [5, 5.41) is 1.77. The highest BCUT2D eigenvalue weighted by molar-refractivity contribution is 8.18. The van der Waals surface area contributed by atoms with Crippen LogP contribution in [-0.2, 0) is 11.3 Å². The molecule has 2 amide bonds. The number of imide groups is 1. The van der Waals surface area contributed by atoms with Crippen LogP contribution >= 0.6 is 11.8 Å². The second-order valence-corrected chi connectivity index (χ2v) is 7.65. The normalized spacial score (nSPS) is 15.6. The summed E-state index contributed by atoms with van der Waals surface area (Å²) >= 11 is 0.970. The van der Waals surface area contributed by atoms with Gasteiger partial charge in [0.2, 0.25) is 0 Å². The summed E-state index contributed by atoms with van der Waals surface area (Å²) in [7, 11) is 1.60. The van der Waals surface area contributed by atoms with Gasteiger partial charge in [-0.15, -0.1) is 0 Å². The first-order valence-corrected chi connectivity index (χ1v) is 9.75. The van der Waals surface area contributed by atoms with E-state index in [1.807, 2.05) is 67.6 Å². The minimum absolute atomic E-state index is 0.254. The molecule has 1 aliphatic rings. The molecule has 1 saturated heterocycles. The van der Waals surface area contributed by atoms with E-state index >= 15 is 0 Å². The van der Waals surface area contributed by atoms with Crippen molar-refractivity contribution in [1.29, 1.82) is 0 Å². The molecule has 4 nitrogen and oxygen atoms in total. The number of ether oxygens (including phenoxy) is 1. The van der Waals surface area contributed by atoms with E-state index < -0.39 is 0 Å². The van der Waals surface area contributed by atoms with Gasteiger partial charge in [-0.2, -0.15) is 0 Å². The van der Waals surface area contributed by atoms with Crippen molar-refractivity contribution in [2.75, 3.05) is 7.11 Å². The molecule has 0 aromatic heterocycles. The van der Waals surface area contributed by atoms with E-state index in [2.05, 4.69) is 0 Å². The summed E-state index contributed by atoms with van der Waals surface area (Å²) in [6.07, 6.45) is 1.77. The average molecular weight is 389 g/mol. The van der Waals surface area contributed by atoms with Crippen molar-refractivity contribution in [2.45, 2.75) is 13.5 Å². The van der Waals surface area contributed by atoms with Crippen LogP contribution in [0.15, 0.2) is 65.6 Å². The van der Waals surface area contributed by atoms with Gasteiger partial charge < -0.3 is 4.74 Å². The van der Waals surface area contributed by atoms with Gasteiger partial charge in [0.25, 0.3) is 11.1 Å². The minimum Gasteiger partial charge on any atom is -0.496 e. The number of nitrogens with zero attached hydrogens (tertiary/aromatic N) is 1. The molecule has 3 aromatic rings. The molecule has 0 spiro atoms. The van der Waals surface area contributed by atoms with Gasteiger partial charge in [0.05, 0.1) is 18.6 Å². The van der Waals surface area contributed by atoms with Gasteiger partial charge >= 0.3 is 0 Å². The third kappa shape index (κ3) is 3.41. The van der Waals surface area contributed by atoms with Crippen LogP contribution in [0.5, 0.6) is 5.75 Å². The van der Waals surface area contributed by atoms with E-state index in [4.69, 9.17) is 4.74 Å². The maximum atomic E-state index is 12.9. The molecule has 0 radical (unpaired) electrons. The van der Waals surface area contributed by atoms with E-state index in [0.29, 0.717) is 10.7 Å². The Kier molecular flexibility index (Phi) is 4.92. The molecule has 1 heterocycles. The molecule has 0 aliphatic carbocycles. The Morgan fingerprint density at radius 3 is 2.50 bits per heavy atom. The second-order valence-electron chi connectivity index (χ2n) is 6.66. The molecule has 0 N–H and O–H groups in total. The summed E-state index contributed by atoms with van der Waals surface area (Å²) in [6, 6.07) is 19.6. The summed E-state index contributed by atoms with van der Waals surface area (Å²) < 4.78 is 5.50. The Labute approximate surface area is 167 Å². The fourth-order valence-electron chi connectivity index (χ4n) is 3.25. The van der Waals surface area contributed by atoms with Gasteiger partial charge in [0, 0.05) is 5.56 Å². The fraction of sp³-hybridized carbons (Fsp3) is 0.130. The van der Waals surface area contributed by atoms with Crippen LogP contribution < -0.4 is 4.74 Å². The molecule has 0 atom stereocenters. The van der Waals surface area contributed by atoms with Gasteiger partial charge in [-0.3, -0.25) is 14.5 Å². The SMILES string of the molecule is COc1ccc2ccccc2c1/C=C1\SC(=O)N(Cc2ccc(C)cc2)C1=O. The van der Waals surface area contributed by atoms with Crippen LogP contribution in [0.2, 0.25) is 0 Å². The first-order valence-electron chi connectivity index (χ1n) is 8.93. The Hall–Kier alpha value is -3.05. The van der Waals surface area contributed by atoms with Crippen LogP contribution in [-0.4, -0.2) is 23.2 Å². The lowest BCUT2D eigenvalue weighted by atomic mass is 10.0. The van der Waals surface area contributed by atoms with E-state index in [-0.39, 0.29) is 17.7 Å². The van der Waals surface area contributed by atoms with E-state index in [1.54, 1.807) is 13.2 Å². The smallest absolute Gasteiger partial charge is 0.293 e. The number of carbonyl (C=O) groups excluding carboxylic acids is 2. The number of thioether (sulfide) groups is 1. The van der Waals surface area contributed by atoms with Crippen molar-refractivity contribution in [2.24, 2.45) is 0 Å². The van der Waals surface area contributed by atoms with Crippen molar-refractivity contribution in [3.8, 4) is 5.75 Å². The van der Waals surface area contributed by atoms with Crippen LogP contribution in [0.1, 0.15) is 16.7 Å². The average Bonchev–Trinajstić information content (AvgIpc) is 2.97. The molecule has 3 aromatic carbocycles. The molecule has 1 fully saturated rings. The second kappa shape index (κ2) is 7.52. The predicted molar refractivity (Wildman–Crippen MR) is 113 cm³/mol. The number of amides is 2. The van der Waals surface area contributed by atoms with Crippen molar-refractivity contribution in [1.82, 2.24) is 4.90 Å². The molecular formula is C23H19NO3S. The Bertz CT molecular complexity index is 1100. The van der Waals surface area contributed by atoms with Crippen LogP contribution in [0.3, 0.4) is 0 Å². The number of hydrogen-bond donors (Lipinski definition) is 0. The molecule has 0 unspecified atom stereocenters. The van der Waals surface area contributed by atoms with Crippen molar-refractivity contribution >= 4 is 39.8 Å². The third-order valence-electron chi connectivity index (χ3n) is 4.76. The zero-order valence-corrected chi connectivity index (χ0v) is 16.5. The first kappa shape index (κ1) is 18.3. The van der Waals surface area contributed by atoms with Gasteiger partial charge in [0.15, 0.2) is 0 Å². The van der Waals surface area contributed by atoms with E-state index in [0.717, 1.165) is 39.2 Å². The quantitative estimate of drug-likeness (QED) is 0.561. The van der Waals surface area contributed by atoms with Gasteiger partial charge in [0.1, 0.15) is 5.75 Å². The molecule has 0 saturated carbocycles. The Morgan fingerprint density at radius 2 is 1.75 bits per heavy atom. The lowest BCUT2D eigenvalue weighted by molar-refractivity contribution is -0.123. The van der Waals surface area contributed by atoms with Crippen LogP contribution in [0, 0.1) is 6.92 Å². The number of fused-ring (bicyclic) bond motifs is 1. The van der Waals surface area contributed by atoms with Crippen LogP contribution in [0.4, 0.5) is 4.79 Å². The van der Waals surface area contributed by atoms with Crippen molar-refractivity contribution in [3.63, 3.8) is 0 Å². The lowest BCUT2D eigenvalue weighted by Gasteiger charge is -2.13. The molecule has 140 valence electrons. The zero-order chi connectivity index (χ0) is 19.7. The fourth-order valence-corrected chi connectivity index (χ4v) is 4.07. The maximum Gasteiger partial charge on any atom is 0.293 e. The monoisotopic (exact) mass is 389 g/mol. The molecule has 5 heteroatoms. The third-order valence-corrected chi connectivity index (χ3v) is 5.67. The van der Waals surface area contributed by atoms with Gasteiger partial charge in [-0.1, -0.05) is 60.2 Å². The largest absolute Gasteiger partial charge is 0.496 e. The number of carbonyl (C=O) groups is 2. The summed E-state index contributed by atoms with van der Waals surface area (Å²) in [6.45, 7) is 2.28. The molecule has 1 aliphatic heterocycles. The highest BCUT2D eigenvalue weighted by Gasteiger charge is 2.35. The highest BCUT2D eigenvalue weighted by atomic mass is 32.2. The van der Waals surface area contributed by atoms with E-state index in [1.165, 1.54) is 4.90 Å². The molecule has 28 heavy (non-hydrogen) atoms. The number of methoxy groups -OCH3 is 1. The summed E-state index contributed by atoms with van der Waals surface area (Å²) in [5.41, 5.74) is 2.87. The number of aryl methyl sites for hydroxylation is 1. The highest BCUT2D eigenvalue weighted by Crippen LogP contribution is 2.37. The molecule has 4 rings (SSSR count). The topological polar surface area (TPSA) is 46.6 Å². The maximum absolute atomic E-state index is 12.9. The standard InChI is InChI=1S/C23H19NO3S/c1-15-7-9-16(10-8-15)14-24-22(25)21(28-23(24)26)13-19-18-6-4-3-5-17(18)11-12-20(19)27-2/h3-13H,14H2,1-2H3/b21-13-. The Balaban J connectivity index is 1.70. The van der Waals surface area contributed by atoms with Crippen LogP contribution in [0.25, 0.3) is 16.8 Å². The summed E-state index contributed by atoms with van der Waals surface area (Å²) in [4.78, 5) is 27.1. The van der Waals surface area contributed by atoms with Crippen molar-refractivity contribution < 1.29 is 14.3 Å². The van der Waals surface area contributed by atoms with Crippen molar-refractivity contribution in [3.05, 3.63) is 82.3 Å². The minimum atomic E-state index is -0.273. The Morgan fingerprint density at radius 1 is 1.00 bits per heavy atom. The lowest BCUT2D eigenvalue weighted by Crippen LogP contribution is -2.27. The number of hydrogen-bond acceptors (Lipinski definition) is 4. The number of rotatable bonds is 4. The summed E-state index contributed by atoms with van der Waals surface area (Å²) in [5.74, 6) is 0.398. The first-order chi connectivity index (χ1) is 13.6. The van der Waals surface area contributed by atoms with E-state index in [9.17, 15) is 9.59 Å².